The van der Waals surface area contributed by atoms with Gasteiger partial charge in [0, 0.05) is 12.2 Å². The molecule has 0 bridgehead atoms. The van der Waals surface area contributed by atoms with E-state index in [0.717, 1.165) is 0 Å². The number of ether oxygens (including phenoxy) is 2. The van der Waals surface area contributed by atoms with Crippen LogP contribution in [0.4, 0.5) is 14.5 Å². The van der Waals surface area contributed by atoms with E-state index >= 15 is 0 Å². The largest absolute Gasteiger partial charge is 0.432 e. The third kappa shape index (κ3) is 4.41. The summed E-state index contributed by atoms with van der Waals surface area (Å²) in [6.07, 6.45) is 0. The second-order valence-electron chi connectivity index (χ2n) is 4.22. The zero-order valence-electron chi connectivity index (χ0n) is 10.7. The highest BCUT2D eigenvalue weighted by Crippen LogP contribution is 2.37. The minimum atomic E-state index is -3.04. The highest BCUT2D eigenvalue weighted by molar-refractivity contribution is 6.37. The molecule has 0 aliphatic carbocycles. The summed E-state index contributed by atoms with van der Waals surface area (Å²) in [4.78, 5) is 12.0. The van der Waals surface area contributed by atoms with Crippen LogP contribution in [-0.2, 0) is 9.53 Å². The van der Waals surface area contributed by atoms with Crippen LogP contribution in [0.1, 0.15) is 0 Å². The van der Waals surface area contributed by atoms with E-state index in [1.807, 2.05) is 0 Å². The van der Waals surface area contributed by atoms with Gasteiger partial charge in [-0.3, -0.25) is 4.79 Å². The molecule has 21 heavy (non-hydrogen) atoms. The molecule has 0 spiro atoms. The number of anilines is 1. The quantitative estimate of drug-likeness (QED) is 0.884. The highest BCUT2D eigenvalue weighted by Gasteiger charge is 2.22. The molecule has 0 aromatic heterocycles. The lowest BCUT2D eigenvalue weighted by Crippen LogP contribution is -2.48. The minimum absolute atomic E-state index is 0.119. The third-order valence-corrected chi connectivity index (χ3v) is 3.27. The number of carbonyl (C=O) groups is 1. The molecule has 1 atom stereocenters. The minimum Gasteiger partial charge on any atom is -0.432 e. The third-order valence-electron chi connectivity index (χ3n) is 2.71. The van der Waals surface area contributed by atoms with Crippen LogP contribution in [-0.4, -0.2) is 38.3 Å². The van der Waals surface area contributed by atoms with Crippen molar-refractivity contribution in [1.82, 2.24) is 5.32 Å². The van der Waals surface area contributed by atoms with Gasteiger partial charge in [0.15, 0.2) is 5.75 Å². The summed E-state index contributed by atoms with van der Waals surface area (Å²) in [6, 6.07) is 2.08. The predicted molar refractivity (Wildman–Crippen MR) is 74.3 cm³/mol. The molecule has 9 heteroatoms. The van der Waals surface area contributed by atoms with E-state index in [1.54, 1.807) is 0 Å². The second kappa shape index (κ2) is 7.22. The first-order chi connectivity index (χ1) is 9.97. The summed E-state index contributed by atoms with van der Waals surface area (Å²) in [6.45, 7) is -1.68. The molecule has 5 nitrogen and oxygen atoms in total. The lowest BCUT2D eigenvalue weighted by Gasteiger charge is -2.23. The summed E-state index contributed by atoms with van der Waals surface area (Å²) in [5.74, 6) is -0.658. The van der Waals surface area contributed by atoms with E-state index in [1.165, 1.54) is 12.1 Å². The SMILES string of the molecule is O=C(Nc1cc(Cl)c(OC(F)F)c(Cl)c1)C1COCCN1. The van der Waals surface area contributed by atoms with Crippen LogP contribution in [0, 0.1) is 0 Å². The molecule has 1 amide bonds. The van der Waals surface area contributed by atoms with Gasteiger partial charge in [0.05, 0.1) is 23.3 Å². The molecule has 1 aromatic carbocycles. The fourth-order valence-electron chi connectivity index (χ4n) is 1.80. The van der Waals surface area contributed by atoms with Crippen LogP contribution in [0.25, 0.3) is 0 Å². The van der Waals surface area contributed by atoms with Gasteiger partial charge in [-0.15, -0.1) is 0 Å². The van der Waals surface area contributed by atoms with E-state index in [4.69, 9.17) is 27.9 Å². The van der Waals surface area contributed by atoms with Gasteiger partial charge in [-0.2, -0.15) is 8.78 Å². The zero-order valence-corrected chi connectivity index (χ0v) is 12.2. The lowest BCUT2D eigenvalue weighted by atomic mass is 10.2. The van der Waals surface area contributed by atoms with Gasteiger partial charge in [-0.1, -0.05) is 23.2 Å². The number of amides is 1. The van der Waals surface area contributed by atoms with Gasteiger partial charge < -0.3 is 20.1 Å². The average molecular weight is 341 g/mol. The van der Waals surface area contributed by atoms with Crippen LogP contribution >= 0.6 is 23.2 Å². The monoisotopic (exact) mass is 340 g/mol. The van der Waals surface area contributed by atoms with Crippen molar-refractivity contribution < 1.29 is 23.0 Å². The summed E-state index contributed by atoms with van der Waals surface area (Å²) >= 11 is 11.6. The predicted octanol–water partition coefficient (Wildman–Crippen LogP) is 2.52. The molecule has 1 saturated heterocycles. The first-order valence-corrected chi connectivity index (χ1v) is 6.79. The number of halogens is 4. The Morgan fingerprint density at radius 2 is 2.10 bits per heavy atom. The number of alkyl halides is 2. The summed E-state index contributed by atoms with van der Waals surface area (Å²) < 4.78 is 33.8. The van der Waals surface area contributed by atoms with Crippen LogP contribution in [0.5, 0.6) is 5.75 Å². The summed E-state index contributed by atoms with van der Waals surface area (Å²) in [7, 11) is 0. The van der Waals surface area contributed by atoms with Gasteiger partial charge >= 0.3 is 6.61 Å². The molecule has 1 fully saturated rings. The van der Waals surface area contributed by atoms with E-state index < -0.39 is 12.7 Å². The Morgan fingerprint density at radius 3 is 2.62 bits per heavy atom. The van der Waals surface area contributed by atoms with E-state index in [2.05, 4.69) is 15.4 Å². The van der Waals surface area contributed by atoms with Crippen molar-refractivity contribution in [2.45, 2.75) is 12.7 Å². The second-order valence-corrected chi connectivity index (χ2v) is 5.03. The standard InChI is InChI=1S/C12H12Cl2F2N2O3/c13-7-3-6(4-8(14)10(7)21-12(15)16)18-11(19)9-5-20-2-1-17-9/h3-4,9,12,17H,1-2,5H2,(H,18,19). The van der Waals surface area contributed by atoms with Crippen LogP contribution < -0.4 is 15.4 Å². The van der Waals surface area contributed by atoms with Gasteiger partial charge in [-0.25, -0.2) is 0 Å². The Kier molecular flexibility index (Phi) is 5.58. The Balaban J connectivity index is 2.08. The average Bonchev–Trinajstić information content (AvgIpc) is 2.43. The molecule has 1 heterocycles. The maximum atomic E-state index is 12.2. The van der Waals surface area contributed by atoms with Crippen molar-refractivity contribution in [3.63, 3.8) is 0 Å². The van der Waals surface area contributed by atoms with Crippen molar-refractivity contribution in [1.29, 1.82) is 0 Å². The first kappa shape index (κ1) is 16.2. The van der Waals surface area contributed by atoms with Crippen molar-refractivity contribution >= 4 is 34.8 Å². The molecule has 1 unspecified atom stereocenters. The molecule has 1 aliphatic heterocycles. The normalized spacial score (nSPS) is 18.6. The highest BCUT2D eigenvalue weighted by atomic mass is 35.5. The van der Waals surface area contributed by atoms with Gasteiger partial charge in [-0.05, 0) is 12.1 Å². The van der Waals surface area contributed by atoms with Crippen molar-refractivity contribution in [2.24, 2.45) is 0 Å². The van der Waals surface area contributed by atoms with Gasteiger partial charge in [0.2, 0.25) is 5.91 Å². The molecular weight excluding hydrogens is 329 g/mol. The van der Waals surface area contributed by atoms with Crippen LogP contribution in [0.15, 0.2) is 12.1 Å². The van der Waals surface area contributed by atoms with Gasteiger partial charge in [0.25, 0.3) is 0 Å². The van der Waals surface area contributed by atoms with Crippen LogP contribution in [0.3, 0.4) is 0 Å². The van der Waals surface area contributed by atoms with Crippen LogP contribution in [0.2, 0.25) is 10.0 Å². The Hall–Kier alpha value is -1.15. The van der Waals surface area contributed by atoms with Crippen molar-refractivity contribution in [2.75, 3.05) is 25.1 Å². The number of morpholine rings is 1. The zero-order chi connectivity index (χ0) is 15.4. The number of hydrogen-bond donors (Lipinski definition) is 2. The van der Waals surface area contributed by atoms with E-state index in [-0.39, 0.29) is 34.0 Å². The Labute approximate surface area is 129 Å². The molecule has 2 rings (SSSR count). The smallest absolute Gasteiger partial charge is 0.387 e. The van der Waals surface area contributed by atoms with E-state index in [9.17, 15) is 13.6 Å². The van der Waals surface area contributed by atoms with Gasteiger partial charge in [0.1, 0.15) is 6.04 Å². The molecule has 1 aliphatic rings. The number of rotatable bonds is 4. The Morgan fingerprint density at radius 1 is 1.43 bits per heavy atom. The first-order valence-electron chi connectivity index (χ1n) is 6.03. The topological polar surface area (TPSA) is 59.6 Å². The maximum Gasteiger partial charge on any atom is 0.387 e. The van der Waals surface area contributed by atoms with E-state index in [0.29, 0.717) is 13.2 Å². The van der Waals surface area contributed by atoms with Crippen molar-refractivity contribution in [3.05, 3.63) is 22.2 Å². The molecule has 0 radical (unpaired) electrons. The Bertz CT molecular complexity index is 502. The maximum absolute atomic E-state index is 12.2. The fraction of sp³-hybridized carbons (Fsp3) is 0.417. The molecule has 116 valence electrons. The number of carbonyl (C=O) groups excluding carboxylic acids is 1. The van der Waals surface area contributed by atoms with Crippen molar-refractivity contribution in [3.8, 4) is 5.75 Å². The summed E-state index contributed by atoms with van der Waals surface area (Å²) in [5, 5.41) is 5.32. The molecule has 1 aromatic rings. The molecular formula is C12H12Cl2F2N2O3. The number of nitrogens with one attached hydrogen (secondary N) is 2. The molecule has 0 saturated carbocycles. The summed E-state index contributed by atoms with van der Waals surface area (Å²) in [5.41, 5.74) is 0.281. The lowest BCUT2D eigenvalue weighted by molar-refractivity contribution is -0.120. The molecule has 2 N–H and O–H groups in total. The fourth-order valence-corrected chi connectivity index (χ4v) is 2.37. The number of benzene rings is 1. The number of hydrogen-bond acceptors (Lipinski definition) is 4.